The normalized spacial score (nSPS) is 22.0. The van der Waals surface area contributed by atoms with Gasteiger partial charge in [0.25, 0.3) is 0 Å². The van der Waals surface area contributed by atoms with Crippen molar-refractivity contribution in [2.45, 2.75) is 32.2 Å². The van der Waals surface area contributed by atoms with Crippen LogP contribution in [0.5, 0.6) is 0 Å². The molecule has 0 N–H and O–H groups in total. The molecule has 1 aliphatic heterocycles. The second-order valence-electron chi connectivity index (χ2n) is 6.63. The molecule has 2 heteroatoms. The highest BCUT2D eigenvalue weighted by Crippen LogP contribution is 2.33. The molecule has 1 fully saturated rings. The van der Waals surface area contributed by atoms with Crippen molar-refractivity contribution in [3.63, 3.8) is 0 Å². The second kappa shape index (κ2) is 7.94. The Balaban J connectivity index is 1.80. The van der Waals surface area contributed by atoms with E-state index in [2.05, 4.69) is 91.7 Å². The van der Waals surface area contributed by atoms with Gasteiger partial charge in [-0.25, -0.2) is 0 Å². The Hall–Kier alpha value is -1.67. The first-order valence-corrected chi connectivity index (χ1v) is 9.95. The molecule has 2 atom stereocenters. The van der Waals surface area contributed by atoms with Gasteiger partial charge in [0.1, 0.15) is 0 Å². The lowest BCUT2D eigenvalue weighted by Crippen LogP contribution is -2.43. The molecule has 126 valence electrons. The van der Waals surface area contributed by atoms with Crippen LogP contribution in [0.1, 0.15) is 30.4 Å². The van der Waals surface area contributed by atoms with Crippen molar-refractivity contribution < 1.29 is 0 Å². The Kier molecular flexibility index (Phi) is 5.68. The molecule has 1 aliphatic carbocycles. The van der Waals surface area contributed by atoms with Gasteiger partial charge in [-0.05, 0) is 24.5 Å². The molecule has 0 spiro atoms. The predicted molar refractivity (Wildman–Crippen MR) is 108 cm³/mol. The van der Waals surface area contributed by atoms with Crippen LogP contribution < -0.4 is 0 Å². The van der Waals surface area contributed by atoms with Crippen molar-refractivity contribution in [1.82, 2.24) is 4.90 Å². The molecule has 0 amide bonds. The van der Waals surface area contributed by atoms with E-state index < -0.39 is 0 Å². The van der Waals surface area contributed by atoms with E-state index in [1.807, 2.05) is 0 Å². The number of rotatable bonds is 4. The van der Waals surface area contributed by atoms with Crippen LogP contribution in [0, 0.1) is 6.92 Å². The number of thioether (sulfide) groups is 1. The molecular weight excluding hydrogens is 310 g/mol. The zero-order valence-electron chi connectivity index (χ0n) is 14.7. The Bertz CT molecular complexity index is 666. The maximum Gasteiger partial charge on any atom is 0.0627 e. The van der Waals surface area contributed by atoms with Crippen LogP contribution in [0.4, 0.5) is 0 Å². The van der Waals surface area contributed by atoms with Crippen molar-refractivity contribution in [2.75, 3.05) is 18.1 Å². The minimum Gasteiger partial charge on any atom is -0.366 e. The summed E-state index contributed by atoms with van der Waals surface area (Å²) in [6, 6.07) is 9.33. The van der Waals surface area contributed by atoms with E-state index in [1.165, 1.54) is 28.1 Å². The van der Waals surface area contributed by atoms with Crippen molar-refractivity contribution in [1.29, 1.82) is 0 Å². The van der Waals surface area contributed by atoms with E-state index in [4.69, 9.17) is 0 Å². The van der Waals surface area contributed by atoms with Crippen molar-refractivity contribution in [2.24, 2.45) is 0 Å². The molecule has 0 bridgehead atoms. The molecule has 1 nitrogen and oxygen atoms in total. The van der Waals surface area contributed by atoms with Gasteiger partial charge < -0.3 is 4.90 Å². The second-order valence-corrected chi connectivity index (χ2v) is 7.78. The Morgan fingerprint density at radius 3 is 2.83 bits per heavy atom. The van der Waals surface area contributed by atoms with Gasteiger partial charge in [-0.3, -0.25) is 0 Å². The molecule has 3 rings (SSSR count). The molecule has 1 saturated heterocycles. The van der Waals surface area contributed by atoms with Crippen molar-refractivity contribution in [3.05, 3.63) is 83.6 Å². The van der Waals surface area contributed by atoms with E-state index in [1.54, 1.807) is 0 Å². The minimum atomic E-state index is 0.352. The van der Waals surface area contributed by atoms with Gasteiger partial charge in [0, 0.05) is 29.7 Å². The number of benzene rings is 1. The summed E-state index contributed by atoms with van der Waals surface area (Å²) in [5, 5.41) is 0. The van der Waals surface area contributed by atoms with Gasteiger partial charge in [0.15, 0.2) is 0 Å². The zero-order chi connectivity index (χ0) is 16.9. The lowest BCUT2D eigenvalue weighted by atomic mass is 9.94. The molecule has 1 aromatic rings. The maximum atomic E-state index is 4.50. The summed E-state index contributed by atoms with van der Waals surface area (Å²) in [5.74, 6) is 2.69. The van der Waals surface area contributed by atoms with Crippen LogP contribution >= 0.6 is 11.8 Å². The van der Waals surface area contributed by atoms with Crippen LogP contribution in [0.2, 0.25) is 0 Å². The molecule has 1 aromatic carbocycles. The molecule has 2 aliphatic rings. The molecule has 0 saturated carbocycles. The molecule has 0 aromatic heterocycles. The van der Waals surface area contributed by atoms with Crippen LogP contribution in [-0.2, 0) is 0 Å². The summed E-state index contributed by atoms with van der Waals surface area (Å²) < 4.78 is 0. The fraction of sp³-hybridized carbons (Fsp3) is 0.364. The lowest BCUT2D eigenvalue weighted by molar-refractivity contribution is 0.297. The monoisotopic (exact) mass is 337 g/mol. The molecule has 0 radical (unpaired) electrons. The summed E-state index contributed by atoms with van der Waals surface area (Å²) in [7, 11) is 0. The lowest BCUT2D eigenvalue weighted by Gasteiger charge is -2.41. The van der Waals surface area contributed by atoms with Crippen LogP contribution in [-0.4, -0.2) is 29.0 Å². The van der Waals surface area contributed by atoms with Crippen LogP contribution in [0.15, 0.2) is 72.5 Å². The van der Waals surface area contributed by atoms with Gasteiger partial charge in [0.05, 0.1) is 6.04 Å². The van der Waals surface area contributed by atoms with Gasteiger partial charge in [0.2, 0.25) is 0 Å². The SMILES string of the molecule is C=C(C(C)c1ccc(C)cc1)N1CCSCC1C1=CCC=CC=C1. The third-order valence-corrected chi connectivity index (χ3v) is 6.01. The van der Waals surface area contributed by atoms with Crippen LogP contribution in [0.25, 0.3) is 0 Å². The summed E-state index contributed by atoms with van der Waals surface area (Å²) in [6.07, 6.45) is 12.2. The highest BCUT2D eigenvalue weighted by molar-refractivity contribution is 7.99. The Morgan fingerprint density at radius 2 is 2.04 bits per heavy atom. The Labute approximate surface area is 150 Å². The van der Waals surface area contributed by atoms with Gasteiger partial charge in [-0.1, -0.05) is 73.7 Å². The molecule has 24 heavy (non-hydrogen) atoms. The smallest absolute Gasteiger partial charge is 0.0627 e. The summed E-state index contributed by atoms with van der Waals surface area (Å²) in [6.45, 7) is 10.0. The zero-order valence-corrected chi connectivity index (χ0v) is 15.6. The average Bonchev–Trinajstić information content (AvgIpc) is 2.90. The first-order valence-electron chi connectivity index (χ1n) is 8.80. The van der Waals surface area contributed by atoms with Crippen molar-refractivity contribution in [3.8, 4) is 0 Å². The summed E-state index contributed by atoms with van der Waals surface area (Å²) in [5.41, 5.74) is 5.35. The fourth-order valence-electron chi connectivity index (χ4n) is 3.36. The largest absolute Gasteiger partial charge is 0.366 e. The topological polar surface area (TPSA) is 3.24 Å². The fourth-order valence-corrected chi connectivity index (χ4v) is 4.45. The third-order valence-electron chi connectivity index (χ3n) is 4.98. The number of hydrogen-bond acceptors (Lipinski definition) is 2. The number of hydrogen-bond donors (Lipinski definition) is 0. The molecule has 1 heterocycles. The minimum absolute atomic E-state index is 0.352. The van der Waals surface area contributed by atoms with E-state index in [0.717, 1.165) is 18.7 Å². The van der Waals surface area contributed by atoms with E-state index >= 15 is 0 Å². The van der Waals surface area contributed by atoms with Gasteiger partial charge >= 0.3 is 0 Å². The highest BCUT2D eigenvalue weighted by Gasteiger charge is 2.28. The molecular formula is C22H27NS. The van der Waals surface area contributed by atoms with Gasteiger partial charge in [-0.15, -0.1) is 0 Å². The van der Waals surface area contributed by atoms with Gasteiger partial charge in [-0.2, -0.15) is 11.8 Å². The average molecular weight is 338 g/mol. The van der Waals surface area contributed by atoms with Crippen molar-refractivity contribution >= 4 is 11.8 Å². The first kappa shape index (κ1) is 17.2. The number of nitrogens with zero attached hydrogens (tertiary/aromatic N) is 1. The maximum absolute atomic E-state index is 4.50. The molecule has 2 unspecified atom stereocenters. The summed E-state index contributed by atoms with van der Waals surface area (Å²) >= 11 is 2.06. The van der Waals surface area contributed by atoms with E-state index in [9.17, 15) is 0 Å². The standard InChI is InChI=1S/C22H27NS/c1-17-10-12-20(13-11-17)18(2)19(3)23-14-15-24-16-22(23)21-8-6-4-5-7-9-21/h4-6,8-13,18,22H,3,7,14-16H2,1-2H3. The number of aryl methyl sites for hydroxylation is 1. The first-order chi connectivity index (χ1) is 11.7. The van der Waals surface area contributed by atoms with Crippen LogP contribution in [0.3, 0.4) is 0 Å². The third kappa shape index (κ3) is 3.87. The van der Waals surface area contributed by atoms with E-state index in [-0.39, 0.29) is 0 Å². The quantitative estimate of drug-likeness (QED) is 0.716. The van der Waals surface area contributed by atoms with E-state index in [0.29, 0.717) is 12.0 Å². The predicted octanol–water partition coefficient (Wildman–Crippen LogP) is 5.47. The highest BCUT2D eigenvalue weighted by atomic mass is 32.2. The Morgan fingerprint density at radius 1 is 1.25 bits per heavy atom. The number of allylic oxidation sites excluding steroid dienone is 5. The summed E-state index contributed by atoms with van der Waals surface area (Å²) in [4.78, 5) is 2.54.